The molecular formula is C15H20N4. The first-order valence-corrected chi connectivity index (χ1v) is 6.60. The number of nitrogens with zero attached hydrogens (tertiary/aromatic N) is 3. The van der Waals surface area contributed by atoms with Gasteiger partial charge in [0.15, 0.2) is 0 Å². The number of aromatic nitrogens is 2. The molecule has 1 N–H and O–H groups in total. The predicted octanol–water partition coefficient (Wildman–Crippen LogP) is 2.59. The Kier molecular flexibility index (Phi) is 4.72. The van der Waals surface area contributed by atoms with Crippen LogP contribution in [0, 0.1) is 0 Å². The molecule has 0 aliphatic carbocycles. The number of rotatable bonds is 6. The third kappa shape index (κ3) is 3.95. The van der Waals surface area contributed by atoms with Crippen molar-refractivity contribution in [2.24, 2.45) is 0 Å². The summed E-state index contributed by atoms with van der Waals surface area (Å²) in [6.45, 7) is 3.89. The molecule has 0 spiro atoms. The van der Waals surface area contributed by atoms with Gasteiger partial charge in [0.05, 0.1) is 0 Å². The highest BCUT2D eigenvalue weighted by molar-refractivity contribution is 5.53. The Hall–Kier alpha value is -2.10. The molecule has 0 fully saturated rings. The summed E-state index contributed by atoms with van der Waals surface area (Å²) in [6.07, 6.45) is 4.62. The van der Waals surface area contributed by atoms with Gasteiger partial charge in [0, 0.05) is 56.4 Å². The maximum Gasteiger partial charge on any atom is 0.127 e. The third-order valence-electron chi connectivity index (χ3n) is 2.97. The summed E-state index contributed by atoms with van der Waals surface area (Å²) < 4.78 is 0. The summed E-state index contributed by atoms with van der Waals surface area (Å²) in [5.41, 5.74) is 2.29. The molecule has 2 rings (SSSR count). The number of hydrogen-bond acceptors (Lipinski definition) is 4. The van der Waals surface area contributed by atoms with E-state index in [-0.39, 0.29) is 0 Å². The smallest absolute Gasteiger partial charge is 0.127 e. The lowest BCUT2D eigenvalue weighted by atomic mass is 10.2. The fourth-order valence-electron chi connectivity index (χ4n) is 1.89. The average molecular weight is 256 g/mol. The summed E-state index contributed by atoms with van der Waals surface area (Å²) in [7, 11) is 2.09. The van der Waals surface area contributed by atoms with Crippen LogP contribution in [0.4, 0.5) is 11.5 Å². The van der Waals surface area contributed by atoms with Crippen molar-refractivity contribution in [3.63, 3.8) is 0 Å². The molecule has 0 aliphatic rings. The lowest BCUT2D eigenvalue weighted by Gasteiger charge is -2.19. The van der Waals surface area contributed by atoms with Gasteiger partial charge < -0.3 is 10.2 Å². The summed E-state index contributed by atoms with van der Waals surface area (Å²) in [4.78, 5) is 10.8. The van der Waals surface area contributed by atoms with Crippen LogP contribution in [0.15, 0.2) is 42.7 Å². The van der Waals surface area contributed by atoms with Crippen molar-refractivity contribution in [1.29, 1.82) is 0 Å². The molecule has 0 saturated heterocycles. The Bertz CT molecular complexity index is 499. The fraction of sp³-hybridized carbons (Fsp3) is 0.333. The lowest BCUT2D eigenvalue weighted by Crippen LogP contribution is -2.20. The molecule has 0 aliphatic heterocycles. The van der Waals surface area contributed by atoms with Crippen LogP contribution in [0.5, 0.6) is 0 Å². The van der Waals surface area contributed by atoms with Crippen LogP contribution >= 0.6 is 0 Å². The van der Waals surface area contributed by atoms with E-state index in [1.165, 1.54) is 5.69 Å². The van der Waals surface area contributed by atoms with Gasteiger partial charge in [0.1, 0.15) is 5.82 Å². The molecule has 19 heavy (non-hydrogen) atoms. The normalized spacial score (nSPS) is 10.2. The van der Waals surface area contributed by atoms with Gasteiger partial charge in [-0.15, -0.1) is 0 Å². The predicted molar refractivity (Wildman–Crippen MR) is 79.6 cm³/mol. The highest BCUT2D eigenvalue weighted by Crippen LogP contribution is 2.16. The fourth-order valence-corrected chi connectivity index (χ4v) is 1.89. The third-order valence-corrected chi connectivity index (χ3v) is 2.97. The summed E-state index contributed by atoms with van der Waals surface area (Å²) in [5, 5.41) is 3.23. The van der Waals surface area contributed by atoms with Crippen LogP contribution in [0.25, 0.3) is 0 Å². The molecule has 0 saturated carbocycles. The second-order valence-electron chi connectivity index (χ2n) is 4.42. The van der Waals surface area contributed by atoms with Crippen LogP contribution in [0.1, 0.15) is 12.6 Å². The maximum atomic E-state index is 4.34. The first-order valence-electron chi connectivity index (χ1n) is 6.60. The monoisotopic (exact) mass is 256 g/mol. The largest absolute Gasteiger partial charge is 0.374 e. The van der Waals surface area contributed by atoms with Crippen molar-refractivity contribution in [3.8, 4) is 0 Å². The molecule has 2 heterocycles. The first kappa shape index (κ1) is 13.3. The minimum Gasteiger partial charge on any atom is -0.374 e. The molecule has 0 atom stereocenters. The zero-order valence-corrected chi connectivity index (χ0v) is 11.5. The molecule has 0 amide bonds. The van der Waals surface area contributed by atoms with Gasteiger partial charge in [0.25, 0.3) is 0 Å². The topological polar surface area (TPSA) is 41.0 Å². The Morgan fingerprint density at radius 3 is 2.79 bits per heavy atom. The van der Waals surface area contributed by atoms with Crippen molar-refractivity contribution in [1.82, 2.24) is 9.97 Å². The molecule has 0 radical (unpaired) electrons. The Morgan fingerprint density at radius 2 is 2.05 bits per heavy atom. The van der Waals surface area contributed by atoms with Crippen LogP contribution in [0.2, 0.25) is 0 Å². The van der Waals surface area contributed by atoms with Crippen molar-refractivity contribution < 1.29 is 0 Å². The quantitative estimate of drug-likeness (QED) is 0.862. The minimum absolute atomic E-state index is 0.883. The van der Waals surface area contributed by atoms with Crippen molar-refractivity contribution >= 4 is 11.5 Å². The second kappa shape index (κ2) is 6.73. The van der Waals surface area contributed by atoms with E-state index in [0.29, 0.717) is 0 Å². The van der Waals surface area contributed by atoms with E-state index in [4.69, 9.17) is 0 Å². The van der Waals surface area contributed by atoms with Crippen molar-refractivity contribution in [2.45, 2.75) is 13.3 Å². The van der Waals surface area contributed by atoms with E-state index >= 15 is 0 Å². The van der Waals surface area contributed by atoms with Gasteiger partial charge in [-0.05, 0) is 25.1 Å². The molecule has 0 aromatic carbocycles. The number of likely N-dealkylation sites (N-methyl/N-ethyl adjacent to an activating group) is 1. The molecule has 4 heteroatoms. The van der Waals surface area contributed by atoms with E-state index in [1.807, 2.05) is 30.6 Å². The number of nitrogens with one attached hydrogen (secondary N) is 1. The van der Waals surface area contributed by atoms with Crippen LogP contribution in [-0.2, 0) is 6.42 Å². The van der Waals surface area contributed by atoms with Crippen LogP contribution < -0.4 is 10.2 Å². The van der Waals surface area contributed by atoms with Gasteiger partial charge in [-0.3, -0.25) is 4.98 Å². The van der Waals surface area contributed by atoms with E-state index in [0.717, 1.165) is 31.0 Å². The number of hydrogen-bond donors (Lipinski definition) is 1. The van der Waals surface area contributed by atoms with Gasteiger partial charge in [-0.25, -0.2) is 4.98 Å². The molecular weight excluding hydrogens is 236 g/mol. The standard InChI is InChI=1S/C15H20N4/c1-3-16-15-12-14(7-10-18-15)19(2)11-8-13-6-4-5-9-17-13/h4-7,9-10,12H,3,8,11H2,1-2H3,(H,16,18). The van der Waals surface area contributed by atoms with Crippen LogP contribution in [-0.4, -0.2) is 30.1 Å². The Morgan fingerprint density at radius 1 is 1.16 bits per heavy atom. The highest BCUT2D eigenvalue weighted by Gasteiger charge is 2.03. The van der Waals surface area contributed by atoms with Crippen LogP contribution in [0.3, 0.4) is 0 Å². The Balaban J connectivity index is 1.95. The van der Waals surface area contributed by atoms with Gasteiger partial charge in [-0.1, -0.05) is 6.07 Å². The van der Waals surface area contributed by atoms with E-state index in [9.17, 15) is 0 Å². The lowest BCUT2D eigenvalue weighted by molar-refractivity contribution is 0.851. The van der Waals surface area contributed by atoms with E-state index in [1.54, 1.807) is 0 Å². The van der Waals surface area contributed by atoms with E-state index < -0.39 is 0 Å². The molecule has 0 bridgehead atoms. The SMILES string of the molecule is CCNc1cc(N(C)CCc2ccccn2)ccn1. The highest BCUT2D eigenvalue weighted by atomic mass is 15.1. The molecule has 2 aromatic heterocycles. The van der Waals surface area contributed by atoms with Gasteiger partial charge in [0.2, 0.25) is 0 Å². The number of anilines is 2. The average Bonchev–Trinajstić information content (AvgIpc) is 2.46. The van der Waals surface area contributed by atoms with Crippen molar-refractivity contribution in [3.05, 3.63) is 48.4 Å². The van der Waals surface area contributed by atoms with Gasteiger partial charge >= 0.3 is 0 Å². The molecule has 0 unspecified atom stereocenters. The Labute approximate surface area is 114 Å². The maximum absolute atomic E-state index is 4.34. The molecule has 100 valence electrons. The summed E-state index contributed by atoms with van der Waals surface area (Å²) >= 11 is 0. The summed E-state index contributed by atoms with van der Waals surface area (Å²) in [5.74, 6) is 0.921. The van der Waals surface area contributed by atoms with Gasteiger partial charge in [-0.2, -0.15) is 0 Å². The zero-order valence-electron chi connectivity index (χ0n) is 11.5. The van der Waals surface area contributed by atoms with Crippen molar-refractivity contribution in [2.75, 3.05) is 30.4 Å². The molecule has 4 nitrogen and oxygen atoms in total. The molecule has 2 aromatic rings. The summed E-state index contributed by atoms with van der Waals surface area (Å²) in [6, 6.07) is 10.1. The zero-order chi connectivity index (χ0) is 13.5. The number of pyridine rings is 2. The van der Waals surface area contributed by atoms with E-state index in [2.05, 4.69) is 46.3 Å². The second-order valence-corrected chi connectivity index (χ2v) is 4.42. The first-order chi connectivity index (χ1) is 9.29. The minimum atomic E-state index is 0.883.